The third-order valence-electron chi connectivity index (χ3n) is 5.17. The van der Waals surface area contributed by atoms with Gasteiger partial charge in [0.05, 0.1) is 18.4 Å². The molecule has 31 heavy (non-hydrogen) atoms. The van der Waals surface area contributed by atoms with Crippen LogP contribution >= 0.6 is 11.6 Å². The van der Waals surface area contributed by atoms with Crippen molar-refractivity contribution in [3.8, 4) is 5.75 Å². The number of hydrogen-bond donors (Lipinski definition) is 0. The van der Waals surface area contributed by atoms with Crippen LogP contribution < -0.4 is 14.5 Å². The first-order chi connectivity index (χ1) is 15.1. The highest BCUT2D eigenvalue weighted by Gasteiger charge is 2.43. The fraction of sp³-hybridized carbons (Fsp3) is 0.120. The smallest absolute Gasteiger partial charge is 0.282 e. The molecule has 0 aromatic heterocycles. The highest BCUT2D eigenvalue weighted by molar-refractivity contribution is 6.46. The van der Waals surface area contributed by atoms with Crippen LogP contribution in [-0.4, -0.2) is 25.5 Å². The number of carbonyl (C=O) groups is 2. The Bertz CT molecular complexity index is 1160. The molecule has 0 aliphatic carbocycles. The van der Waals surface area contributed by atoms with Crippen molar-refractivity contribution in [3.05, 3.63) is 95.1 Å². The van der Waals surface area contributed by atoms with Crippen LogP contribution in [0.3, 0.4) is 0 Å². The Morgan fingerprint density at radius 2 is 1.52 bits per heavy atom. The van der Waals surface area contributed by atoms with Gasteiger partial charge in [0, 0.05) is 17.3 Å². The molecule has 1 aliphatic heterocycles. The molecule has 0 unspecified atom stereocenters. The highest BCUT2D eigenvalue weighted by Crippen LogP contribution is 2.39. The van der Waals surface area contributed by atoms with E-state index < -0.39 is 11.8 Å². The summed E-state index contributed by atoms with van der Waals surface area (Å²) >= 11 is 6.06. The Morgan fingerprint density at radius 1 is 0.871 bits per heavy atom. The van der Waals surface area contributed by atoms with E-state index in [0.717, 1.165) is 5.69 Å². The van der Waals surface area contributed by atoms with Crippen molar-refractivity contribution in [2.45, 2.75) is 6.92 Å². The molecular formula is C25H21ClN2O3. The number of methoxy groups -OCH3 is 1. The lowest BCUT2D eigenvalue weighted by molar-refractivity contribution is -0.120. The van der Waals surface area contributed by atoms with Gasteiger partial charge < -0.3 is 9.64 Å². The molecule has 1 aliphatic rings. The molecule has 0 N–H and O–H groups in total. The third-order valence-corrected chi connectivity index (χ3v) is 5.42. The Kier molecular flexibility index (Phi) is 5.78. The maximum atomic E-state index is 13.7. The molecule has 0 fully saturated rings. The van der Waals surface area contributed by atoms with Crippen molar-refractivity contribution >= 4 is 40.4 Å². The highest BCUT2D eigenvalue weighted by atomic mass is 35.5. The SMILES string of the molecule is CCN(C1=C(c2ccc(Cl)cc2)C(=O)N(c2ccccc2OC)C1=O)c1ccccc1. The van der Waals surface area contributed by atoms with Crippen LogP contribution in [0.4, 0.5) is 11.4 Å². The van der Waals surface area contributed by atoms with Crippen LogP contribution in [0.15, 0.2) is 84.6 Å². The van der Waals surface area contributed by atoms with Gasteiger partial charge in [-0.3, -0.25) is 9.59 Å². The quantitative estimate of drug-likeness (QED) is 0.505. The van der Waals surface area contributed by atoms with Gasteiger partial charge in [-0.1, -0.05) is 54.1 Å². The van der Waals surface area contributed by atoms with Gasteiger partial charge in [0.1, 0.15) is 11.4 Å². The average Bonchev–Trinajstić information content (AvgIpc) is 3.05. The number of hydrogen-bond acceptors (Lipinski definition) is 4. The van der Waals surface area contributed by atoms with E-state index in [1.165, 1.54) is 12.0 Å². The molecule has 5 nitrogen and oxygen atoms in total. The molecule has 0 spiro atoms. The van der Waals surface area contributed by atoms with Crippen molar-refractivity contribution in [2.24, 2.45) is 0 Å². The van der Waals surface area contributed by atoms with Crippen LogP contribution in [-0.2, 0) is 9.59 Å². The monoisotopic (exact) mass is 432 g/mol. The largest absolute Gasteiger partial charge is 0.495 e. The molecular weight excluding hydrogens is 412 g/mol. The number of benzene rings is 3. The van der Waals surface area contributed by atoms with Crippen molar-refractivity contribution in [1.82, 2.24) is 0 Å². The normalized spacial score (nSPS) is 13.7. The maximum absolute atomic E-state index is 13.7. The number of halogens is 1. The fourth-order valence-electron chi connectivity index (χ4n) is 3.76. The van der Waals surface area contributed by atoms with Gasteiger partial charge in [0.2, 0.25) is 0 Å². The summed E-state index contributed by atoms with van der Waals surface area (Å²) in [6.45, 7) is 2.46. The Morgan fingerprint density at radius 3 is 2.16 bits per heavy atom. The van der Waals surface area contributed by atoms with Crippen molar-refractivity contribution in [1.29, 1.82) is 0 Å². The van der Waals surface area contributed by atoms with E-state index in [4.69, 9.17) is 16.3 Å². The molecule has 156 valence electrons. The van der Waals surface area contributed by atoms with Crippen LogP contribution in [0.25, 0.3) is 5.57 Å². The van der Waals surface area contributed by atoms with Crippen molar-refractivity contribution in [2.75, 3.05) is 23.5 Å². The molecule has 2 amide bonds. The minimum Gasteiger partial charge on any atom is -0.495 e. The lowest BCUT2D eigenvalue weighted by atomic mass is 10.0. The van der Waals surface area contributed by atoms with Crippen LogP contribution in [0.1, 0.15) is 12.5 Å². The van der Waals surface area contributed by atoms with Gasteiger partial charge in [-0.05, 0) is 48.9 Å². The summed E-state index contributed by atoms with van der Waals surface area (Å²) in [5.74, 6) is -0.352. The van der Waals surface area contributed by atoms with Gasteiger partial charge in [-0.2, -0.15) is 0 Å². The summed E-state index contributed by atoms with van der Waals surface area (Å²) in [5.41, 5.74) is 2.52. The molecule has 0 radical (unpaired) electrons. The first kappa shape index (κ1) is 20.7. The number of likely N-dealkylation sites (N-methyl/N-ethyl adjacent to an activating group) is 1. The molecule has 6 heteroatoms. The Hall–Kier alpha value is -3.57. The summed E-state index contributed by atoms with van der Waals surface area (Å²) in [5, 5.41) is 0.555. The summed E-state index contributed by atoms with van der Waals surface area (Å²) in [4.78, 5) is 30.4. The van der Waals surface area contributed by atoms with Crippen molar-refractivity contribution < 1.29 is 14.3 Å². The van der Waals surface area contributed by atoms with E-state index >= 15 is 0 Å². The number of carbonyl (C=O) groups excluding carboxylic acids is 2. The number of anilines is 2. The predicted molar refractivity (Wildman–Crippen MR) is 123 cm³/mol. The van der Waals surface area contributed by atoms with Gasteiger partial charge in [0.15, 0.2) is 0 Å². The zero-order valence-electron chi connectivity index (χ0n) is 17.2. The second-order valence-corrected chi connectivity index (χ2v) is 7.36. The van der Waals surface area contributed by atoms with E-state index in [0.29, 0.717) is 39.8 Å². The molecule has 0 bridgehead atoms. The van der Waals surface area contributed by atoms with Gasteiger partial charge in [-0.15, -0.1) is 0 Å². The van der Waals surface area contributed by atoms with Crippen LogP contribution in [0.2, 0.25) is 5.02 Å². The number of imide groups is 1. The lowest BCUT2D eigenvalue weighted by Gasteiger charge is -2.25. The minimum atomic E-state index is -0.402. The van der Waals surface area contributed by atoms with Gasteiger partial charge in [-0.25, -0.2) is 4.90 Å². The van der Waals surface area contributed by atoms with Crippen LogP contribution in [0, 0.1) is 0 Å². The van der Waals surface area contributed by atoms with E-state index in [1.807, 2.05) is 42.2 Å². The molecule has 4 rings (SSSR count). The summed E-state index contributed by atoms with van der Waals surface area (Å²) in [6, 6.07) is 23.5. The third kappa shape index (κ3) is 3.68. The number of para-hydroxylation sites is 3. The van der Waals surface area contributed by atoms with Crippen LogP contribution in [0.5, 0.6) is 5.75 Å². The van der Waals surface area contributed by atoms with E-state index in [1.54, 1.807) is 48.5 Å². The van der Waals surface area contributed by atoms with Crippen molar-refractivity contribution in [3.63, 3.8) is 0 Å². The average molecular weight is 433 g/mol. The number of nitrogens with zero attached hydrogens (tertiary/aromatic N) is 2. The van der Waals surface area contributed by atoms with Gasteiger partial charge in [0.25, 0.3) is 11.8 Å². The second-order valence-electron chi connectivity index (χ2n) is 6.93. The van der Waals surface area contributed by atoms with Gasteiger partial charge >= 0.3 is 0 Å². The molecule has 0 saturated heterocycles. The lowest BCUT2D eigenvalue weighted by Crippen LogP contribution is -2.35. The first-order valence-corrected chi connectivity index (χ1v) is 10.3. The second kappa shape index (κ2) is 8.66. The van der Waals surface area contributed by atoms with E-state index in [2.05, 4.69) is 0 Å². The predicted octanol–water partition coefficient (Wildman–Crippen LogP) is 5.16. The first-order valence-electron chi connectivity index (χ1n) is 9.91. The fourth-order valence-corrected chi connectivity index (χ4v) is 3.88. The molecule has 0 atom stereocenters. The Balaban J connectivity index is 1.92. The zero-order chi connectivity index (χ0) is 22.0. The minimum absolute atomic E-state index is 0.326. The molecule has 3 aromatic carbocycles. The Labute approximate surface area is 186 Å². The summed E-state index contributed by atoms with van der Waals surface area (Å²) < 4.78 is 5.42. The van der Waals surface area contributed by atoms with E-state index in [9.17, 15) is 9.59 Å². The number of amides is 2. The molecule has 3 aromatic rings. The maximum Gasteiger partial charge on any atom is 0.282 e. The standard InChI is InChI=1S/C25H21ClN2O3/c1-3-27(19-9-5-4-6-10-19)23-22(17-13-15-18(26)16-14-17)24(29)28(25(23)30)20-11-7-8-12-21(20)31-2/h4-16H,3H2,1-2H3. The van der Waals surface area contributed by atoms with E-state index in [-0.39, 0.29) is 0 Å². The topological polar surface area (TPSA) is 49.9 Å². The zero-order valence-corrected chi connectivity index (χ0v) is 18.0. The number of rotatable bonds is 6. The number of ether oxygens (including phenoxy) is 1. The summed E-state index contributed by atoms with van der Waals surface area (Å²) in [7, 11) is 1.51. The molecule has 1 heterocycles. The summed E-state index contributed by atoms with van der Waals surface area (Å²) in [6.07, 6.45) is 0. The molecule has 0 saturated carbocycles.